The Hall–Kier alpha value is -2.60. The molecule has 1 aromatic heterocycles. The second kappa shape index (κ2) is 8.26. The number of aryl methyl sites for hydroxylation is 1. The van der Waals surface area contributed by atoms with Crippen molar-refractivity contribution in [3.63, 3.8) is 0 Å². The number of carbonyl (C=O) groups is 2. The molecule has 1 N–H and O–H groups in total. The van der Waals surface area contributed by atoms with Gasteiger partial charge in [-0.3, -0.25) is 9.59 Å². The first-order chi connectivity index (χ1) is 14.4. The zero-order valence-electron chi connectivity index (χ0n) is 15.9. The number of likely N-dealkylation sites (tertiary alicyclic amines) is 1. The fourth-order valence-corrected chi connectivity index (χ4v) is 4.63. The predicted molar refractivity (Wildman–Crippen MR) is 120 cm³/mol. The van der Waals surface area contributed by atoms with Crippen LogP contribution in [0.15, 0.2) is 65.6 Å². The zero-order chi connectivity index (χ0) is 21.4. The molecule has 0 spiro atoms. The lowest BCUT2D eigenvalue weighted by molar-refractivity contribution is -0.140. The van der Waals surface area contributed by atoms with Crippen LogP contribution in [0, 0.1) is 6.92 Å². The van der Waals surface area contributed by atoms with Crippen LogP contribution in [0.4, 0.5) is 0 Å². The molecule has 0 aliphatic carbocycles. The van der Waals surface area contributed by atoms with Crippen molar-refractivity contribution in [3.8, 4) is 0 Å². The van der Waals surface area contributed by atoms with Gasteiger partial charge in [0.15, 0.2) is 0 Å². The SMILES string of the molecule is Cc1ccccc1C1/C(=C(\O)c2ccc(Cl)c(Cl)c2)C(=O)C(=O)N1Cc1cccs1. The number of rotatable bonds is 4. The van der Waals surface area contributed by atoms with E-state index >= 15 is 0 Å². The second-order valence-electron chi connectivity index (χ2n) is 6.99. The van der Waals surface area contributed by atoms with Crippen molar-refractivity contribution in [1.29, 1.82) is 0 Å². The van der Waals surface area contributed by atoms with Gasteiger partial charge in [0.25, 0.3) is 11.7 Å². The van der Waals surface area contributed by atoms with Crippen LogP contribution in [0.1, 0.15) is 27.6 Å². The summed E-state index contributed by atoms with van der Waals surface area (Å²) < 4.78 is 0. The standard InChI is InChI=1S/C23H17Cl2NO3S/c1-13-5-2-3-7-16(13)20-19(21(27)14-8-9-17(24)18(25)11-14)22(28)23(29)26(20)12-15-6-4-10-30-15/h2-11,20,27H,12H2,1H3/b21-19+. The van der Waals surface area contributed by atoms with Crippen molar-refractivity contribution >= 4 is 52.0 Å². The molecule has 1 aliphatic heterocycles. The summed E-state index contributed by atoms with van der Waals surface area (Å²) >= 11 is 13.6. The van der Waals surface area contributed by atoms with Gasteiger partial charge in [0.1, 0.15) is 5.76 Å². The van der Waals surface area contributed by atoms with E-state index in [9.17, 15) is 14.7 Å². The highest BCUT2D eigenvalue weighted by molar-refractivity contribution is 7.09. The Labute approximate surface area is 188 Å². The van der Waals surface area contributed by atoms with E-state index in [4.69, 9.17) is 23.2 Å². The summed E-state index contributed by atoms with van der Waals surface area (Å²) in [6, 6.07) is 15.2. The van der Waals surface area contributed by atoms with E-state index in [-0.39, 0.29) is 22.9 Å². The van der Waals surface area contributed by atoms with Crippen molar-refractivity contribution in [1.82, 2.24) is 4.90 Å². The Morgan fingerprint density at radius 1 is 1.07 bits per heavy atom. The molecule has 1 fully saturated rings. The lowest BCUT2D eigenvalue weighted by Gasteiger charge is -2.26. The van der Waals surface area contributed by atoms with Crippen LogP contribution in [0.25, 0.3) is 5.76 Å². The summed E-state index contributed by atoms with van der Waals surface area (Å²) in [5.41, 5.74) is 2.08. The number of hydrogen-bond acceptors (Lipinski definition) is 4. The Bertz CT molecular complexity index is 1170. The molecular weight excluding hydrogens is 441 g/mol. The van der Waals surface area contributed by atoms with Crippen LogP contribution in [0.3, 0.4) is 0 Å². The molecule has 1 atom stereocenters. The van der Waals surface area contributed by atoms with Crippen LogP contribution in [-0.4, -0.2) is 21.7 Å². The molecule has 4 rings (SSSR count). The van der Waals surface area contributed by atoms with Crippen molar-refractivity contribution < 1.29 is 14.7 Å². The number of benzene rings is 2. The van der Waals surface area contributed by atoms with Gasteiger partial charge in [0.2, 0.25) is 0 Å². The predicted octanol–water partition coefficient (Wildman–Crippen LogP) is 5.99. The summed E-state index contributed by atoms with van der Waals surface area (Å²) in [4.78, 5) is 28.5. The molecular formula is C23H17Cl2NO3S. The summed E-state index contributed by atoms with van der Waals surface area (Å²) in [6.07, 6.45) is 0. The highest BCUT2D eigenvalue weighted by Crippen LogP contribution is 2.42. The number of carbonyl (C=O) groups excluding carboxylic acids is 2. The third kappa shape index (κ3) is 3.65. The minimum Gasteiger partial charge on any atom is -0.507 e. The van der Waals surface area contributed by atoms with E-state index in [0.29, 0.717) is 10.6 Å². The van der Waals surface area contributed by atoms with Crippen LogP contribution < -0.4 is 0 Å². The van der Waals surface area contributed by atoms with Crippen LogP contribution >= 0.6 is 34.5 Å². The van der Waals surface area contributed by atoms with Gasteiger partial charge >= 0.3 is 0 Å². The van der Waals surface area contributed by atoms with Gasteiger partial charge in [-0.25, -0.2) is 0 Å². The molecule has 1 aliphatic rings. The van der Waals surface area contributed by atoms with Crippen molar-refractivity contribution in [2.45, 2.75) is 19.5 Å². The lowest BCUT2D eigenvalue weighted by Crippen LogP contribution is -2.29. The van der Waals surface area contributed by atoms with Crippen molar-refractivity contribution in [3.05, 3.63) is 97.2 Å². The molecule has 7 heteroatoms. The molecule has 0 radical (unpaired) electrons. The number of Topliss-reactive ketones (excluding diaryl/α,β-unsaturated/α-hetero) is 1. The minimum absolute atomic E-state index is 0.0456. The number of amides is 1. The Morgan fingerprint density at radius 3 is 2.50 bits per heavy atom. The Morgan fingerprint density at radius 2 is 1.83 bits per heavy atom. The van der Waals surface area contributed by atoms with Crippen molar-refractivity contribution in [2.75, 3.05) is 0 Å². The second-order valence-corrected chi connectivity index (χ2v) is 8.84. The quantitative estimate of drug-likeness (QED) is 0.297. The fourth-order valence-electron chi connectivity index (χ4n) is 3.63. The van der Waals surface area contributed by atoms with E-state index in [2.05, 4.69) is 0 Å². The molecule has 1 unspecified atom stereocenters. The first kappa shape index (κ1) is 20.7. The monoisotopic (exact) mass is 457 g/mol. The van der Waals surface area contributed by atoms with E-state index < -0.39 is 17.7 Å². The molecule has 1 saturated heterocycles. The van der Waals surface area contributed by atoms with Gasteiger partial charge in [-0.2, -0.15) is 0 Å². The first-order valence-electron chi connectivity index (χ1n) is 9.20. The Balaban J connectivity index is 1.90. The normalized spacial score (nSPS) is 18.2. The Kier molecular flexibility index (Phi) is 5.69. The summed E-state index contributed by atoms with van der Waals surface area (Å²) in [5.74, 6) is -1.63. The molecule has 2 aromatic carbocycles. The van der Waals surface area contributed by atoms with E-state index in [0.717, 1.165) is 16.0 Å². The largest absolute Gasteiger partial charge is 0.507 e. The van der Waals surface area contributed by atoms with Gasteiger partial charge in [0.05, 0.1) is 28.2 Å². The third-order valence-electron chi connectivity index (χ3n) is 5.12. The van der Waals surface area contributed by atoms with Gasteiger partial charge in [0, 0.05) is 10.4 Å². The third-order valence-corrected chi connectivity index (χ3v) is 6.72. The molecule has 4 nitrogen and oxygen atoms in total. The molecule has 0 bridgehead atoms. The summed E-state index contributed by atoms with van der Waals surface area (Å²) in [7, 11) is 0. The molecule has 2 heterocycles. The average Bonchev–Trinajstić information content (AvgIpc) is 3.32. The van der Waals surface area contributed by atoms with Crippen LogP contribution in [-0.2, 0) is 16.1 Å². The smallest absolute Gasteiger partial charge is 0.295 e. The number of hydrogen-bond donors (Lipinski definition) is 1. The number of thiophene rings is 1. The molecule has 1 amide bonds. The highest BCUT2D eigenvalue weighted by Gasteiger charge is 2.46. The maximum atomic E-state index is 13.0. The maximum Gasteiger partial charge on any atom is 0.295 e. The topological polar surface area (TPSA) is 57.6 Å². The molecule has 0 saturated carbocycles. The number of halogens is 2. The highest BCUT2D eigenvalue weighted by atomic mass is 35.5. The van der Waals surface area contributed by atoms with Crippen molar-refractivity contribution in [2.24, 2.45) is 0 Å². The maximum absolute atomic E-state index is 13.0. The van der Waals surface area contributed by atoms with Gasteiger partial charge < -0.3 is 10.0 Å². The lowest BCUT2D eigenvalue weighted by atomic mass is 9.92. The average molecular weight is 458 g/mol. The van der Waals surface area contributed by atoms with E-state index in [1.54, 1.807) is 12.1 Å². The van der Waals surface area contributed by atoms with E-state index in [1.807, 2.05) is 48.7 Å². The number of aliphatic hydroxyl groups is 1. The molecule has 3 aromatic rings. The number of ketones is 1. The van der Waals surface area contributed by atoms with Gasteiger partial charge in [-0.15, -0.1) is 11.3 Å². The zero-order valence-corrected chi connectivity index (χ0v) is 18.3. The van der Waals surface area contributed by atoms with Gasteiger partial charge in [-0.1, -0.05) is 53.5 Å². The summed E-state index contributed by atoms with van der Waals surface area (Å²) in [6.45, 7) is 2.19. The van der Waals surface area contributed by atoms with Crippen LogP contribution in [0.5, 0.6) is 0 Å². The summed E-state index contributed by atoms with van der Waals surface area (Å²) in [5, 5.41) is 13.6. The fraction of sp³-hybridized carbons (Fsp3) is 0.130. The van der Waals surface area contributed by atoms with Gasteiger partial charge in [-0.05, 0) is 47.7 Å². The van der Waals surface area contributed by atoms with E-state index in [1.165, 1.54) is 22.3 Å². The molecule has 152 valence electrons. The van der Waals surface area contributed by atoms with Crippen LogP contribution in [0.2, 0.25) is 10.0 Å². The minimum atomic E-state index is -0.719. The first-order valence-corrected chi connectivity index (χ1v) is 10.8. The molecule has 30 heavy (non-hydrogen) atoms. The number of aliphatic hydroxyl groups excluding tert-OH is 1. The number of nitrogens with zero attached hydrogens (tertiary/aromatic N) is 1.